The molecule has 60 valence electrons. The highest BCUT2D eigenvalue weighted by Crippen LogP contribution is 1.96. The number of rotatable bonds is 2. The molecular weight excluding hydrogens is 148 g/mol. The topological polar surface area (TPSA) is 18.5 Å². The first kappa shape index (κ1) is 9.69. The maximum Gasteiger partial charge on any atom is 0.352 e. The maximum atomic E-state index is 5.07. The van der Waals surface area contributed by atoms with Gasteiger partial charge in [-0.1, -0.05) is 0 Å². The lowest BCUT2D eigenvalue weighted by molar-refractivity contribution is 0.112. The first-order chi connectivity index (χ1) is 4.52. The first-order valence-corrected chi connectivity index (χ1v) is 3.80. The summed E-state index contributed by atoms with van der Waals surface area (Å²) in [6.07, 6.45) is 0.206. The van der Waals surface area contributed by atoms with E-state index in [2.05, 4.69) is 0 Å². The van der Waals surface area contributed by atoms with Crippen molar-refractivity contribution in [1.29, 1.82) is 0 Å². The van der Waals surface area contributed by atoms with Crippen molar-refractivity contribution in [3.05, 3.63) is 0 Å². The van der Waals surface area contributed by atoms with Crippen LogP contribution in [-0.4, -0.2) is 17.4 Å². The molecule has 0 radical (unpaired) electrons. The average molecular weight is 162 g/mol. The van der Waals surface area contributed by atoms with Gasteiger partial charge >= 0.3 is 5.24 Å². The van der Waals surface area contributed by atoms with Crippen molar-refractivity contribution in [1.82, 2.24) is 0 Å². The molecule has 10 heavy (non-hydrogen) atoms. The normalized spacial score (nSPS) is 10.2. The standard InChI is InChI=1S/C7H14O2S/c1-5(2)8-7(10)9-6(3)4/h5-6H,1-4H3. The van der Waals surface area contributed by atoms with Gasteiger partial charge in [0, 0.05) is 12.2 Å². The molecule has 0 spiro atoms. The van der Waals surface area contributed by atoms with Crippen molar-refractivity contribution >= 4 is 17.5 Å². The van der Waals surface area contributed by atoms with Crippen LogP contribution in [0.1, 0.15) is 27.7 Å². The third-order valence-electron chi connectivity index (χ3n) is 0.664. The second-order valence-corrected chi connectivity index (χ2v) is 2.92. The molecule has 0 rings (SSSR count). The lowest BCUT2D eigenvalue weighted by Crippen LogP contribution is -2.16. The van der Waals surface area contributed by atoms with Crippen molar-refractivity contribution in [3.63, 3.8) is 0 Å². The fraction of sp³-hybridized carbons (Fsp3) is 0.857. The second kappa shape index (κ2) is 4.50. The summed E-state index contributed by atoms with van der Waals surface area (Å²) in [7, 11) is 0. The lowest BCUT2D eigenvalue weighted by atomic mass is 10.5. The molecule has 0 amide bonds. The minimum Gasteiger partial charge on any atom is -0.454 e. The van der Waals surface area contributed by atoms with Gasteiger partial charge in [-0.15, -0.1) is 0 Å². The molecule has 0 saturated heterocycles. The highest BCUT2D eigenvalue weighted by molar-refractivity contribution is 7.79. The van der Waals surface area contributed by atoms with Gasteiger partial charge in [0.1, 0.15) is 0 Å². The van der Waals surface area contributed by atoms with Crippen molar-refractivity contribution in [3.8, 4) is 0 Å². The monoisotopic (exact) mass is 162 g/mol. The zero-order valence-electron chi connectivity index (χ0n) is 6.88. The SMILES string of the molecule is CC(C)OC(=S)OC(C)C. The van der Waals surface area contributed by atoms with Crippen LogP contribution in [0.2, 0.25) is 0 Å². The number of hydrogen-bond donors (Lipinski definition) is 0. The Balaban J connectivity index is 3.44. The van der Waals surface area contributed by atoms with Gasteiger partial charge in [-0.2, -0.15) is 0 Å². The summed E-state index contributed by atoms with van der Waals surface area (Å²) in [5, 5.41) is 0.241. The van der Waals surface area contributed by atoms with Gasteiger partial charge in [-0.05, 0) is 27.7 Å². The molecule has 0 aliphatic heterocycles. The molecule has 3 heteroatoms. The molecule has 0 aromatic rings. The Morgan fingerprint density at radius 2 is 1.30 bits per heavy atom. The van der Waals surface area contributed by atoms with E-state index in [-0.39, 0.29) is 17.4 Å². The highest BCUT2D eigenvalue weighted by Gasteiger charge is 2.02. The molecule has 2 nitrogen and oxygen atoms in total. The summed E-state index contributed by atoms with van der Waals surface area (Å²) in [4.78, 5) is 0. The molecule has 0 aliphatic rings. The van der Waals surface area contributed by atoms with E-state index in [0.717, 1.165) is 0 Å². The fourth-order valence-electron chi connectivity index (χ4n) is 0.413. The van der Waals surface area contributed by atoms with Crippen molar-refractivity contribution in [2.24, 2.45) is 0 Å². The molecule has 0 bridgehead atoms. The Bertz CT molecular complexity index is 98.2. The van der Waals surface area contributed by atoms with Crippen LogP contribution in [0.15, 0.2) is 0 Å². The van der Waals surface area contributed by atoms with Crippen LogP contribution in [-0.2, 0) is 9.47 Å². The summed E-state index contributed by atoms with van der Waals surface area (Å²) in [5.74, 6) is 0. The van der Waals surface area contributed by atoms with Gasteiger partial charge in [0.05, 0.1) is 12.2 Å². The van der Waals surface area contributed by atoms with E-state index >= 15 is 0 Å². The van der Waals surface area contributed by atoms with Crippen molar-refractivity contribution in [2.45, 2.75) is 39.9 Å². The van der Waals surface area contributed by atoms with Crippen LogP contribution >= 0.6 is 12.2 Å². The van der Waals surface area contributed by atoms with Gasteiger partial charge in [-0.25, -0.2) is 0 Å². The Morgan fingerprint density at radius 1 is 1.00 bits per heavy atom. The number of hydrogen-bond acceptors (Lipinski definition) is 3. The second-order valence-electron chi connectivity index (χ2n) is 2.58. The molecule has 0 fully saturated rings. The van der Waals surface area contributed by atoms with E-state index in [9.17, 15) is 0 Å². The molecule has 0 unspecified atom stereocenters. The molecule has 0 aliphatic carbocycles. The molecule has 0 aromatic heterocycles. The Morgan fingerprint density at radius 3 is 1.50 bits per heavy atom. The van der Waals surface area contributed by atoms with Crippen LogP contribution in [0, 0.1) is 0 Å². The molecule has 0 heterocycles. The fourth-order valence-corrected chi connectivity index (χ4v) is 0.798. The molecule has 0 saturated carbocycles. The smallest absolute Gasteiger partial charge is 0.352 e. The van der Waals surface area contributed by atoms with E-state index in [4.69, 9.17) is 21.7 Å². The third-order valence-corrected chi connectivity index (χ3v) is 0.856. The summed E-state index contributed by atoms with van der Waals surface area (Å²) in [6.45, 7) is 7.65. The summed E-state index contributed by atoms with van der Waals surface area (Å²) < 4.78 is 10.1. The predicted molar refractivity (Wildman–Crippen MR) is 45.0 cm³/mol. The minimum atomic E-state index is 0.103. The zero-order chi connectivity index (χ0) is 8.15. The van der Waals surface area contributed by atoms with Gasteiger partial charge in [-0.3, -0.25) is 0 Å². The van der Waals surface area contributed by atoms with Crippen LogP contribution in [0.3, 0.4) is 0 Å². The van der Waals surface area contributed by atoms with E-state index < -0.39 is 0 Å². The minimum absolute atomic E-state index is 0.103. The maximum absolute atomic E-state index is 5.07. The van der Waals surface area contributed by atoms with Gasteiger partial charge in [0.25, 0.3) is 0 Å². The van der Waals surface area contributed by atoms with E-state index in [1.807, 2.05) is 27.7 Å². The van der Waals surface area contributed by atoms with Gasteiger partial charge < -0.3 is 9.47 Å². The molecule has 0 atom stereocenters. The summed E-state index contributed by atoms with van der Waals surface area (Å²) in [6, 6.07) is 0. The van der Waals surface area contributed by atoms with Gasteiger partial charge in [0.15, 0.2) is 0 Å². The van der Waals surface area contributed by atoms with E-state index in [1.54, 1.807) is 0 Å². The van der Waals surface area contributed by atoms with Crippen LogP contribution in [0.25, 0.3) is 0 Å². The third kappa shape index (κ3) is 5.82. The van der Waals surface area contributed by atoms with E-state index in [1.165, 1.54) is 0 Å². The summed E-state index contributed by atoms with van der Waals surface area (Å²) in [5.41, 5.74) is 0. The van der Waals surface area contributed by atoms with Crippen LogP contribution < -0.4 is 0 Å². The first-order valence-electron chi connectivity index (χ1n) is 3.39. The largest absolute Gasteiger partial charge is 0.454 e. The Labute approximate surface area is 67.5 Å². The Kier molecular flexibility index (Phi) is 4.36. The average Bonchev–Trinajstić information content (AvgIpc) is 1.58. The number of ether oxygens (including phenoxy) is 2. The highest BCUT2D eigenvalue weighted by atomic mass is 32.1. The lowest BCUT2D eigenvalue weighted by Gasteiger charge is -2.13. The molecule has 0 N–H and O–H groups in total. The van der Waals surface area contributed by atoms with Crippen LogP contribution in [0.5, 0.6) is 0 Å². The Hall–Kier alpha value is -0.310. The number of thiocarbonyl (C=S) groups is 1. The molecule has 0 aromatic carbocycles. The zero-order valence-corrected chi connectivity index (χ0v) is 7.70. The van der Waals surface area contributed by atoms with Crippen molar-refractivity contribution in [2.75, 3.05) is 0 Å². The quantitative estimate of drug-likeness (QED) is 0.579. The van der Waals surface area contributed by atoms with Crippen molar-refractivity contribution < 1.29 is 9.47 Å². The predicted octanol–water partition coefficient (Wildman–Crippen LogP) is 2.12. The van der Waals surface area contributed by atoms with Gasteiger partial charge in [0.2, 0.25) is 0 Å². The van der Waals surface area contributed by atoms with E-state index in [0.29, 0.717) is 0 Å². The molecular formula is C7H14O2S. The van der Waals surface area contributed by atoms with Crippen LogP contribution in [0.4, 0.5) is 0 Å². The summed E-state index contributed by atoms with van der Waals surface area (Å²) >= 11 is 4.76.